The molecule has 112 valence electrons. The maximum absolute atomic E-state index is 12.8. The molecule has 2 aromatic carbocycles. The first-order valence-corrected chi connectivity index (χ1v) is 8.94. The molecule has 0 saturated carbocycles. The van der Waals surface area contributed by atoms with E-state index in [-0.39, 0.29) is 12.4 Å². The van der Waals surface area contributed by atoms with Crippen LogP contribution >= 0.6 is 34.7 Å². The molecule has 3 rings (SSSR count). The molecule has 22 heavy (non-hydrogen) atoms. The van der Waals surface area contributed by atoms with Crippen molar-refractivity contribution >= 4 is 50.6 Å². The fourth-order valence-corrected chi connectivity index (χ4v) is 4.60. The Morgan fingerprint density at radius 3 is 2.59 bits per heavy atom. The summed E-state index contributed by atoms with van der Waals surface area (Å²) in [6, 6.07) is 14.9. The Labute approximate surface area is 141 Å². The van der Waals surface area contributed by atoms with Crippen LogP contribution in [0.15, 0.2) is 53.4 Å². The van der Waals surface area contributed by atoms with E-state index in [1.165, 1.54) is 23.1 Å². The second kappa shape index (κ2) is 6.84. The summed E-state index contributed by atoms with van der Waals surface area (Å²) in [5.74, 6) is 0.569. The average Bonchev–Trinajstić information content (AvgIpc) is 2.91. The monoisotopic (exact) mass is 348 g/mol. The first kappa shape index (κ1) is 15.6. The number of ketones is 1. The Morgan fingerprint density at radius 2 is 1.86 bits per heavy atom. The third-order valence-electron chi connectivity index (χ3n) is 3.20. The van der Waals surface area contributed by atoms with Crippen molar-refractivity contribution in [3.63, 3.8) is 0 Å². The zero-order chi connectivity index (χ0) is 15.5. The predicted molar refractivity (Wildman–Crippen MR) is 94.5 cm³/mol. The number of thioether (sulfide) groups is 1. The van der Waals surface area contributed by atoms with E-state index in [2.05, 4.69) is 0 Å². The summed E-state index contributed by atoms with van der Waals surface area (Å²) in [6.45, 7) is 0.0867. The van der Waals surface area contributed by atoms with Gasteiger partial charge >= 0.3 is 0 Å². The lowest BCUT2D eigenvalue weighted by atomic mass is 10.1. The summed E-state index contributed by atoms with van der Waals surface area (Å²) in [7, 11) is 0. The van der Waals surface area contributed by atoms with E-state index in [1.54, 1.807) is 24.3 Å². The molecule has 2 nitrogen and oxygen atoms in total. The van der Waals surface area contributed by atoms with Crippen LogP contribution in [0.2, 0.25) is 5.02 Å². The highest BCUT2D eigenvalue weighted by Gasteiger charge is 2.19. The van der Waals surface area contributed by atoms with Gasteiger partial charge in [-0.15, -0.1) is 23.1 Å². The summed E-state index contributed by atoms with van der Waals surface area (Å²) < 4.78 is 1.08. The standard InChI is InChI=1S/C17H13ClO2S2/c18-12-7-5-11(6-8-12)15(20)17-16(21-10-9-19)13-3-1-2-4-14(13)22-17/h1-8,19H,9-10H2. The SMILES string of the molecule is O=C(c1ccc(Cl)cc1)c1sc2ccccc2c1SCCO. The number of carbonyl (C=O) groups is 1. The summed E-state index contributed by atoms with van der Waals surface area (Å²) in [4.78, 5) is 14.5. The van der Waals surface area contributed by atoms with Gasteiger partial charge < -0.3 is 5.11 Å². The molecule has 3 aromatic rings. The minimum Gasteiger partial charge on any atom is -0.396 e. The molecular weight excluding hydrogens is 336 g/mol. The van der Waals surface area contributed by atoms with Gasteiger partial charge in [0.15, 0.2) is 0 Å². The molecule has 0 aliphatic rings. The van der Waals surface area contributed by atoms with E-state index in [0.717, 1.165) is 19.9 Å². The number of carbonyl (C=O) groups excluding carboxylic acids is 1. The van der Waals surface area contributed by atoms with Gasteiger partial charge in [-0.25, -0.2) is 0 Å². The number of aliphatic hydroxyl groups is 1. The third-order valence-corrected chi connectivity index (χ3v) is 5.85. The molecule has 1 heterocycles. The fraction of sp³-hybridized carbons (Fsp3) is 0.118. The minimum atomic E-state index is -0.00157. The Hall–Kier alpha value is -1.33. The van der Waals surface area contributed by atoms with E-state index in [9.17, 15) is 4.79 Å². The van der Waals surface area contributed by atoms with E-state index in [4.69, 9.17) is 16.7 Å². The van der Waals surface area contributed by atoms with Crippen molar-refractivity contribution < 1.29 is 9.90 Å². The number of halogens is 1. The van der Waals surface area contributed by atoms with Gasteiger partial charge in [0, 0.05) is 31.3 Å². The van der Waals surface area contributed by atoms with Crippen LogP contribution in [-0.4, -0.2) is 23.2 Å². The number of hydrogen-bond donors (Lipinski definition) is 1. The lowest BCUT2D eigenvalue weighted by molar-refractivity contribution is 0.104. The van der Waals surface area contributed by atoms with Crippen LogP contribution in [-0.2, 0) is 0 Å². The molecular formula is C17H13ClO2S2. The van der Waals surface area contributed by atoms with Gasteiger partial charge in [0.2, 0.25) is 5.78 Å². The van der Waals surface area contributed by atoms with Gasteiger partial charge in [0.25, 0.3) is 0 Å². The molecule has 0 bridgehead atoms. The van der Waals surface area contributed by atoms with Crippen molar-refractivity contribution in [1.82, 2.24) is 0 Å². The molecule has 0 aliphatic carbocycles. The van der Waals surface area contributed by atoms with Crippen LogP contribution in [0.4, 0.5) is 0 Å². The highest BCUT2D eigenvalue weighted by atomic mass is 35.5. The topological polar surface area (TPSA) is 37.3 Å². The summed E-state index contributed by atoms with van der Waals surface area (Å²) in [6.07, 6.45) is 0. The molecule has 5 heteroatoms. The van der Waals surface area contributed by atoms with Crippen molar-refractivity contribution in [2.75, 3.05) is 12.4 Å². The zero-order valence-corrected chi connectivity index (χ0v) is 14.0. The second-order valence-electron chi connectivity index (χ2n) is 4.66. The average molecular weight is 349 g/mol. The van der Waals surface area contributed by atoms with Gasteiger partial charge in [-0.1, -0.05) is 29.8 Å². The van der Waals surface area contributed by atoms with E-state index in [0.29, 0.717) is 16.3 Å². The Morgan fingerprint density at radius 1 is 1.14 bits per heavy atom. The van der Waals surface area contributed by atoms with Crippen molar-refractivity contribution in [3.05, 3.63) is 64.0 Å². The predicted octanol–water partition coefficient (Wildman–Crippen LogP) is 4.87. The van der Waals surface area contributed by atoms with Gasteiger partial charge in [0.1, 0.15) is 0 Å². The van der Waals surface area contributed by atoms with Crippen LogP contribution in [0.3, 0.4) is 0 Å². The van der Waals surface area contributed by atoms with Gasteiger partial charge in [0.05, 0.1) is 11.5 Å². The Bertz CT molecular complexity index is 809. The van der Waals surface area contributed by atoms with Crippen LogP contribution in [0.25, 0.3) is 10.1 Å². The first-order chi connectivity index (χ1) is 10.7. The lowest BCUT2D eigenvalue weighted by Gasteiger charge is -2.03. The molecule has 1 N–H and O–H groups in total. The summed E-state index contributed by atoms with van der Waals surface area (Å²) in [5, 5.41) is 10.8. The molecule has 0 amide bonds. The molecule has 0 saturated heterocycles. The first-order valence-electron chi connectivity index (χ1n) is 6.76. The quantitative estimate of drug-likeness (QED) is 0.528. The number of benzene rings is 2. The largest absolute Gasteiger partial charge is 0.396 e. The third kappa shape index (κ3) is 3.06. The van der Waals surface area contributed by atoms with E-state index in [1.807, 2.05) is 24.3 Å². The molecule has 0 fully saturated rings. The van der Waals surface area contributed by atoms with E-state index < -0.39 is 0 Å². The zero-order valence-electron chi connectivity index (χ0n) is 11.6. The number of thiophene rings is 1. The van der Waals surface area contributed by atoms with Crippen LogP contribution in [0, 0.1) is 0 Å². The van der Waals surface area contributed by atoms with Crippen molar-refractivity contribution in [2.45, 2.75) is 4.90 Å². The van der Waals surface area contributed by atoms with Gasteiger partial charge in [-0.05, 0) is 30.3 Å². The number of hydrogen-bond acceptors (Lipinski definition) is 4. The number of rotatable bonds is 5. The normalized spacial score (nSPS) is 11.0. The van der Waals surface area contributed by atoms with E-state index >= 15 is 0 Å². The van der Waals surface area contributed by atoms with Gasteiger partial charge in [-0.3, -0.25) is 4.79 Å². The maximum atomic E-state index is 12.8. The van der Waals surface area contributed by atoms with Gasteiger partial charge in [-0.2, -0.15) is 0 Å². The Balaban J connectivity index is 2.08. The molecule has 0 radical (unpaired) electrons. The molecule has 0 atom stereocenters. The van der Waals surface area contributed by atoms with Crippen molar-refractivity contribution in [2.24, 2.45) is 0 Å². The molecule has 0 spiro atoms. The molecule has 0 unspecified atom stereocenters. The number of fused-ring (bicyclic) bond motifs is 1. The highest BCUT2D eigenvalue weighted by Crippen LogP contribution is 2.39. The fourth-order valence-electron chi connectivity index (χ4n) is 2.19. The van der Waals surface area contributed by atoms with Crippen LogP contribution in [0.1, 0.15) is 15.2 Å². The summed E-state index contributed by atoms with van der Waals surface area (Å²) >= 11 is 8.91. The highest BCUT2D eigenvalue weighted by molar-refractivity contribution is 7.99. The smallest absolute Gasteiger partial charge is 0.204 e. The minimum absolute atomic E-state index is 0.00157. The molecule has 1 aromatic heterocycles. The number of aliphatic hydroxyl groups excluding tert-OH is 1. The van der Waals surface area contributed by atoms with Crippen molar-refractivity contribution in [1.29, 1.82) is 0 Å². The van der Waals surface area contributed by atoms with Crippen LogP contribution in [0.5, 0.6) is 0 Å². The second-order valence-corrected chi connectivity index (χ2v) is 7.26. The van der Waals surface area contributed by atoms with Crippen molar-refractivity contribution in [3.8, 4) is 0 Å². The Kier molecular flexibility index (Phi) is 4.84. The lowest BCUT2D eigenvalue weighted by Crippen LogP contribution is -2.00. The maximum Gasteiger partial charge on any atom is 0.204 e. The molecule has 0 aliphatic heterocycles. The summed E-state index contributed by atoms with van der Waals surface area (Å²) in [5.41, 5.74) is 0.627. The van der Waals surface area contributed by atoms with Crippen LogP contribution < -0.4 is 0 Å².